The molecule has 154 valence electrons. The van der Waals surface area contributed by atoms with E-state index in [4.69, 9.17) is 0 Å². The molecule has 28 heavy (non-hydrogen) atoms. The molecule has 0 saturated carbocycles. The number of hydrogen-bond donors (Lipinski definition) is 2. The van der Waals surface area contributed by atoms with Crippen LogP contribution in [0.25, 0.3) is 0 Å². The number of nitrogens with one attached hydrogen (secondary N) is 2. The Morgan fingerprint density at radius 1 is 1.18 bits per heavy atom. The number of aryl methyl sites for hydroxylation is 2. The van der Waals surface area contributed by atoms with Gasteiger partial charge in [0.05, 0.1) is 10.6 Å². The summed E-state index contributed by atoms with van der Waals surface area (Å²) in [5.41, 5.74) is 3.18. The highest BCUT2D eigenvalue weighted by atomic mass is 32.2. The molecule has 0 bridgehead atoms. The maximum atomic E-state index is 12.2. The second-order valence-electron chi connectivity index (χ2n) is 6.29. The van der Waals surface area contributed by atoms with Crippen molar-refractivity contribution in [2.75, 3.05) is 11.9 Å². The number of carbonyl (C=O) groups is 1. The minimum Gasteiger partial charge on any atom is -0.326 e. The van der Waals surface area contributed by atoms with Crippen molar-refractivity contribution < 1.29 is 26.4 Å². The summed E-state index contributed by atoms with van der Waals surface area (Å²) < 4.78 is 63.4. The highest BCUT2D eigenvalue weighted by Crippen LogP contribution is 2.18. The van der Waals surface area contributed by atoms with Crippen molar-refractivity contribution in [3.05, 3.63) is 41.2 Å². The third-order valence-electron chi connectivity index (χ3n) is 4.17. The second kappa shape index (κ2) is 8.31. The van der Waals surface area contributed by atoms with Crippen LogP contribution in [-0.4, -0.2) is 36.8 Å². The summed E-state index contributed by atoms with van der Waals surface area (Å²) >= 11 is 0. The van der Waals surface area contributed by atoms with Gasteiger partial charge in [0.1, 0.15) is 6.54 Å². The molecule has 7 nitrogen and oxygen atoms in total. The number of rotatable bonds is 7. The first-order valence-corrected chi connectivity index (χ1v) is 9.83. The van der Waals surface area contributed by atoms with Crippen molar-refractivity contribution in [1.29, 1.82) is 0 Å². The highest BCUT2D eigenvalue weighted by molar-refractivity contribution is 7.89. The Morgan fingerprint density at radius 2 is 1.79 bits per heavy atom. The monoisotopic (exact) mass is 418 g/mol. The van der Waals surface area contributed by atoms with Gasteiger partial charge in [-0.2, -0.15) is 18.3 Å². The Bertz CT molecular complexity index is 951. The normalized spacial score (nSPS) is 12.2. The molecule has 0 aliphatic carbocycles. The maximum Gasteiger partial charge on any atom is 0.402 e. The van der Waals surface area contributed by atoms with Gasteiger partial charge >= 0.3 is 6.18 Å². The molecule has 0 radical (unpaired) electrons. The van der Waals surface area contributed by atoms with Gasteiger partial charge in [0.15, 0.2) is 0 Å². The molecule has 2 N–H and O–H groups in total. The van der Waals surface area contributed by atoms with Crippen molar-refractivity contribution in [3.8, 4) is 0 Å². The van der Waals surface area contributed by atoms with Crippen LogP contribution in [-0.2, 0) is 28.3 Å². The lowest BCUT2D eigenvalue weighted by atomic mass is 10.1. The molecule has 11 heteroatoms. The predicted octanol–water partition coefficient (Wildman–Crippen LogP) is 2.45. The van der Waals surface area contributed by atoms with Crippen LogP contribution in [0, 0.1) is 13.8 Å². The van der Waals surface area contributed by atoms with Crippen molar-refractivity contribution in [1.82, 2.24) is 14.5 Å². The molecule has 0 aliphatic rings. The van der Waals surface area contributed by atoms with Gasteiger partial charge in [-0.15, -0.1) is 0 Å². The van der Waals surface area contributed by atoms with Gasteiger partial charge in [0, 0.05) is 24.8 Å². The lowest BCUT2D eigenvalue weighted by Crippen LogP contribution is -2.33. The summed E-state index contributed by atoms with van der Waals surface area (Å²) in [7, 11) is -2.46. The van der Waals surface area contributed by atoms with Gasteiger partial charge in [-0.1, -0.05) is 0 Å². The second-order valence-corrected chi connectivity index (χ2v) is 8.05. The number of halogens is 3. The lowest BCUT2D eigenvalue weighted by molar-refractivity contribution is -0.121. The van der Waals surface area contributed by atoms with Crippen molar-refractivity contribution in [3.63, 3.8) is 0 Å². The van der Waals surface area contributed by atoms with Crippen LogP contribution in [0.4, 0.5) is 18.9 Å². The van der Waals surface area contributed by atoms with Gasteiger partial charge in [-0.05, 0) is 50.1 Å². The van der Waals surface area contributed by atoms with Crippen LogP contribution < -0.4 is 10.0 Å². The molecule has 0 fully saturated rings. The van der Waals surface area contributed by atoms with Gasteiger partial charge in [-0.3, -0.25) is 9.48 Å². The number of anilines is 1. The van der Waals surface area contributed by atoms with E-state index in [9.17, 15) is 26.4 Å². The average Bonchev–Trinajstić information content (AvgIpc) is 2.83. The summed E-state index contributed by atoms with van der Waals surface area (Å²) in [5, 5.41) is 6.92. The molecule has 0 spiro atoms. The van der Waals surface area contributed by atoms with E-state index in [0.29, 0.717) is 12.1 Å². The van der Waals surface area contributed by atoms with E-state index in [1.807, 2.05) is 20.9 Å². The third-order valence-corrected chi connectivity index (χ3v) is 5.59. The molecule has 1 aromatic carbocycles. The topological polar surface area (TPSA) is 93.1 Å². The largest absolute Gasteiger partial charge is 0.402 e. The van der Waals surface area contributed by atoms with E-state index in [1.54, 1.807) is 4.68 Å². The van der Waals surface area contributed by atoms with Gasteiger partial charge in [0.2, 0.25) is 15.9 Å². The van der Waals surface area contributed by atoms with Crippen molar-refractivity contribution >= 4 is 21.6 Å². The van der Waals surface area contributed by atoms with Crippen LogP contribution in [0.1, 0.15) is 23.4 Å². The molecule has 0 unspecified atom stereocenters. The third kappa shape index (κ3) is 5.80. The molecule has 0 saturated heterocycles. The quantitative estimate of drug-likeness (QED) is 0.722. The average molecular weight is 418 g/mol. The fraction of sp³-hybridized carbons (Fsp3) is 0.412. The van der Waals surface area contributed by atoms with Gasteiger partial charge in [-0.25, -0.2) is 13.1 Å². The highest BCUT2D eigenvalue weighted by Gasteiger charge is 2.30. The maximum absolute atomic E-state index is 12.2. The molecule has 0 atom stereocenters. The van der Waals surface area contributed by atoms with E-state index in [0.717, 1.165) is 29.1 Å². The molecular weight excluding hydrogens is 397 g/mol. The minimum absolute atomic E-state index is 0.209. The van der Waals surface area contributed by atoms with Gasteiger partial charge < -0.3 is 5.32 Å². The van der Waals surface area contributed by atoms with E-state index >= 15 is 0 Å². The SMILES string of the molecule is Cc1nn(C)c(C)c1CCC(=O)Nc1ccc(S(=O)(=O)NCC(F)(F)F)cc1. The number of hydrogen-bond acceptors (Lipinski definition) is 4. The predicted molar refractivity (Wildman–Crippen MR) is 97.3 cm³/mol. The Kier molecular flexibility index (Phi) is 6.50. The Labute approximate surface area is 161 Å². The molecule has 1 heterocycles. The first-order valence-electron chi connectivity index (χ1n) is 8.34. The lowest BCUT2D eigenvalue weighted by Gasteiger charge is -2.10. The zero-order chi connectivity index (χ0) is 21.1. The standard InChI is InChI=1S/C17H21F3N4O3S/c1-11-15(12(2)24(3)23-11)8-9-16(25)22-13-4-6-14(7-5-13)28(26,27)21-10-17(18,19)20/h4-7,21H,8-10H2,1-3H3,(H,22,25). The Hall–Kier alpha value is -2.40. The number of amides is 1. The van der Waals surface area contributed by atoms with Crippen molar-refractivity contribution in [2.45, 2.75) is 37.8 Å². The Morgan fingerprint density at radius 3 is 2.29 bits per heavy atom. The van der Waals surface area contributed by atoms with E-state index in [-0.39, 0.29) is 17.2 Å². The molecule has 1 aromatic heterocycles. The van der Waals surface area contributed by atoms with Crippen LogP contribution in [0.5, 0.6) is 0 Å². The fourth-order valence-corrected chi connectivity index (χ4v) is 3.63. The van der Waals surface area contributed by atoms with Crippen molar-refractivity contribution in [2.24, 2.45) is 7.05 Å². The summed E-state index contributed by atoms with van der Waals surface area (Å²) in [6.07, 6.45) is -3.93. The van der Waals surface area contributed by atoms with Crippen LogP contribution in [0.3, 0.4) is 0 Å². The minimum atomic E-state index is -4.65. The first kappa shape index (κ1) is 21.9. The van der Waals surface area contributed by atoms with Crippen LogP contribution in [0.2, 0.25) is 0 Å². The van der Waals surface area contributed by atoms with E-state index in [1.165, 1.54) is 16.9 Å². The fourth-order valence-electron chi connectivity index (χ4n) is 2.62. The summed E-state index contributed by atoms with van der Waals surface area (Å²) in [4.78, 5) is 11.8. The first-order chi connectivity index (χ1) is 12.9. The molecule has 2 rings (SSSR count). The molecular formula is C17H21F3N4O3S. The zero-order valence-corrected chi connectivity index (χ0v) is 16.4. The Balaban J connectivity index is 1.95. The zero-order valence-electron chi connectivity index (χ0n) is 15.6. The number of aromatic nitrogens is 2. The summed E-state index contributed by atoms with van der Waals surface area (Å²) in [6.45, 7) is 2.13. The molecule has 0 aliphatic heterocycles. The van der Waals surface area contributed by atoms with E-state index < -0.39 is 22.7 Å². The number of carbonyl (C=O) groups excluding carboxylic acids is 1. The molecule has 2 aromatic rings. The number of sulfonamides is 1. The smallest absolute Gasteiger partial charge is 0.326 e. The number of benzene rings is 1. The van der Waals surface area contributed by atoms with Crippen LogP contribution in [0.15, 0.2) is 29.2 Å². The van der Waals surface area contributed by atoms with E-state index in [2.05, 4.69) is 10.4 Å². The number of alkyl halides is 3. The summed E-state index contributed by atoms with van der Waals surface area (Å²) in [6, 6.07) is 4.90. The van der Waals surface area contributed by atoms with Crippen LogP contribution >= 0.6 is 0 Å². The van der Waals surface area contributed by atoms with Gasteiger partial charge in [0.25, 0.3) is 0 Å². The molecule has 1 amide bonds. The summed E-state index contributed by atoms with van der Waals surface area (Å²) in [5.74, 6) is -0.270. The number of nitrogens with zero attached hydrogens (tertiary/aromatic N) is 2.